The number of hydrogen-bond acceptors (Lipinski definition) is 3. The minimum atomic E-state index is -0.144. The Morgan fingerprint density at radius 3 is 2.88 bits per heavy atom. The number of halogens is 1. The van der Waals surface area contributed by atoms with Gasteiger partial charge in [0, 0.05) is 12.6 Å². The van der Waals surface area contributed by atoms with Crippen LogP contribution in [0.2, 0.25) is 5.28 Å². The largest absolute Gasteiger partial charge is 0.326 e. The molecule has 17 heavy (non-hydrogen) atoms. The number of nitrogens with zero attached hydrogens (tertiary/aromatic N) is 2. The molecular formula is C12H14ClN3O. The van der Waals surface area contributed by atoms with Crippen molar-refractivity contribution in [1.82, 2.24) is 9.55 Å². The van der Waals surface area contributed by atoms with E-state index in [1.165, 1.54) is 4.57 Å². The molecule has 2 aromatic rings. The summed E-state index contributed by atoms with van der Waals surface area (Å²) >= 11 is 6.00. The van der Waals surface area contributed by atoms with Gasteiger partial charge in [0.05, 0.1) is 10.9 Å². The smallest absolute Gasteiger partial charge is 0.262 e. The van der Waals surface area contributed by atoms with E-state index in [0.29, 0.717) is 17.4 Å². The summed E-state index contributed by atoms with van der Waals surface area (Å²) in [6, 6.07) is 5.36. The number of aryl methyl sites for hydroxylation is 1. The van der Waals surface area contributed by atoms with Crippen molar-refractivity contribution in [3.05, 3.63) is 39.4 Å². The predicted molar refractivity (Wildman–Crippen MR) is 69.4 cm³/mol. The van der Waals surface area contributed by atoms with Crippen molar-refractivity contribution >= 4 is 22.5 Å². The first-order valence-electron chi connectivity index (χ1n) is 5.41. The Morgan fingerprint density at radius 1 is 1.53 bits per heavy atom. The first-order chi connectivity index (χ1) is 7.99. The van der Waals surface area contributed by atoms with Gasteiger partial charge in [0.1, 0.15) is 0 Å². The van der Waals surface area contributed by atoms with Crippen molar-refractivity contribution in [3.63, 3.8) is 0 Å². The van der Waals surface area contributed by atoms with Crippen LogP contribution >= 0.6 is 11.6 Å². The van der Waals surface area contributed by atoms with Gasteiger partial charge in [-0.05, 0) is 43.1 Å². The molecule has 0 aliphatic rings. The summed E-state index contributed by atoms with van der Waals surface area (Å²) in [5.41, 5.74) is 7.22. The maximum atomic E-state index is 12.2. The van der Waals surface area contributed by atoms with E-state index in [1.807, 2.05) is 26.0 Å². The van der Waals surface area contributed by atoms with Gasteiger partial charge in [-0.3, -0.25) is 9.36 Å². The zero-order valence-corrected chi connectivity index (χ0v) is 10.5. The highest BCUT2D eigenvalue weighted by molar-refractivity contribution is 6.28. The van der Waals surface area contributed by atoms with Gasteiger partial charge < -0.3 is 5.73 Å². The van der Waals surface area contributed by atoms with Crippen LogP contribution in [0, 0.1) is 6.92 Å². The monoisotopic (exact) mass is 251 g/mol. The molecule has 1 aromatic carbocycles. The second-order valence-electron chi connectivity index (χ2n) is 4.29. The Balaban J connectivity index is 2.72. The number of hydrogen-bond donors (Lipinski definition) is 1. The zero-order chi connectivity index (χ0) is 12.6. The van der Waals surface area contributed by atoms with Gasteiger partial charge in [-0.1, -0.05) is 6.07 Å². The summed E-state index contributed by atoms with van der Waals surface area (Å²) < 4.78 is 1.41. The second kappa shape index (κ2) is 4.47. The summed E-state index contributed by atoms with van der Waals surface area (Å²) in [6.07, 6.45) is 0. The summed E-state index contributed by atoms with van der Waals surface area (Å²) in [4.78, 5) is 16.4. The molecule has 0 amide bonds. The first-order valence-corrected chi connectivity index (χ1v) is 5.79. The van der Waals surface area contributed by atoms with E-state index in [9.17, 15) is 4.79 Å². The van der Waals surface area contributed by atoms with Crippen LogP contribution in [0.1, 0.15) is 12.5 Å². The van der Waals surface area contributed by atoms with Gasteiger partial charge >= 0.3 is 0 Å². The van der Waals surface area contributed by atoms with Crippen LogP contribution < -0.4 is 11.3 Å². The maximum absolute atomic E-state index is 12.2. The lowest BCUT2D eigenvalue weighted by atomic mass is 10.2. The van der Waals surface area contributed by atoms with E-state index < -0.39 is 0 Å². The van der Waals surface area contributed by atoms with Crippen LogP contribution in [-0.4, -0.2) is 15.6 Å². The first kappa shape index (κ1) is 12.1. The summed E-state index contributed by atoms with van der Waals surface area (Å²) in [5.74, 6) is 0. The normalized spacial score (nSPS) is 12.9. The molecule has 0 radical (unpaired) electrons. The lowest BCUT2D eigenvalue weighted by Crippen LogP contribution is -2.31. The summed E-state index contributed by atoms with van der Waals surface area (Å²) in [6.45, 7) is 4.14. The van der Waals surface area contributed by atoms with Crippen LogP contribution in [0.4, 0.5) is 0 Å². The molecule has 1 unspecified atom stereocenters. The van der Waals surface area contributed by atoms with Crippen LogP contribution in [0.15, 0.2) is 23.0 Å². The molecule has 0 fully saturated rings. The highest BCUT2D eigenvalue weighted by atomic mass is 35.5. The molecule has 90 valence electrons. The second-order valence-corrected chi connectivity index (χ2v) is 4.63. The molecule has 1 aromatic heterocycles. The fourth-order valence-electron chi connectivity index (χ4n) is 1.75. The van der Waals surface area contributed by atoms with Gasteiger partial charge in [0.25, 0.3) is 5.56 Å². The van der Waals surface area contributed by atoms with Crippen molar-refractivity contribution in [2.24, 2.45) is 5.73 Å². The van der Waals surface area contributed by atoms with Crippen LogP contribution in [0.3, 0.4) is 0 Å². The van der Waals surface area contributed by atoms with Gasteiger partial charge in [0.15, 0.2) is 0 Å². The number of benzene rings is 1. The number of nitrogens with two attached hydrogens (primary N) is 1. The van der Waals surface area contributed by atoms with E-state index in [2.05, 4.69) is 4.98 Å². The van der Waals surface area contributed by atoms with Gasteiger partial charge in [-0.15, -0.1) is 0 Å². The fraction of sp³-hybridized carbons (Fsp3) is 0.333. The van der Waals surface area contributed by atoms with Crippen molar-refractivity contribution < 1.29 is 0 Å². The molecular weight excluding hydrogens is 238 g/mol. The predicted octanol–water partition coefficient (Wildman–Crippen LogP) is 1.71. The Hall–Kier alpha value is -1.39. The van der Waals surface area contributed by atoms with Crippen LogP contribution in [0.25, 0.3) is 10.9 Å². The van der Waals surface area contributed by atoms with E-state index >= 15 is 0 Å². The number of fused-ring (bicyclic) bond motifs is 1. The maximum Gasteiger partial charge on any atom is 0.262 e. The van der Waals surface area contributed by atoms with Crippen molar-refractivity contribution in [1.29, 1.82) is 0 Å². The molecule has 0 bridgehead atoms. The molecule has 0 saturated heterocycles. The lowest BCUT2D eigenvalue weighted by Gasteiger charge is -2.11. The number of aromatic nitrogens is 2. The molecule has 2 rings (SSSR count). The van der Waals surface area contributed by atoms with E-state index in [0.717, 1.165) is 5.56 Å². The molecule has 4 nitrogen and oxygen atoms in total. The highest BCUT2D eigenvalue weighted by Crippen LogP contribution is 2.13. The Labute approximate surface area is 104 Å². The molecule has 0 aliphatic carbocycles. The molecule has 0 saturated carbocycles. The topological polar surface area (TPSA) is 60.9 Å². The molecule has 5 heteroatoms. The Morgan fingerprint density at radius 2 is 2.24 bits per heavy atom. The van der Waals surface area contributed by atoms with E-state index in [-0.39, 0.29) is 16.9 Å². The summed E-state index contributed by atoms with van der Waals surface area (Å²) in [7, 11) is 0. The van der Waals surface area contributed by atoms with Crippen molar-refractivity contribution in [2.45, 2.75) is 26.4 Å². The SMILES string of the molecule is Cc1ccc2c(=O)n(CC(C)N)c(Cl)nc2c1. The average Bonchev–Trinajstić information content (AvgIpc) is 2.23. The third kappa shape index (κ3) is 2.33. The zero-order valence-electron chi connectivity index (χ0n) is 9.77. The summed E-state index contributed by atoms with van der Waals surface area (Å²) in [5, 5.41) is 0.756. The minimum Gasteiger partial charge on any atom is -0.326 e. The molecule has 0 aliphatic heterocycles. The third-order valence-electron chi connectivity index (χ3n) is 2.53. The van der Waals surface area contributed by atoms with Crippen LogP contribution in [-0.2, 0) is 6.54 Å². The molecule has 2 N–H and O–H groups in total. The molecule has 1 atom stereocenters. The average molecular weight is 252 g/mol. The number of rotatable bonds is 2. The van der Waals surface area contributed by atoms with Gasteiger partial charge in [-0.2, -0.15) is 0 Å². The minimum absolute atomic E-state index is 0.141. The van der Waals surface area contributed by atoms with E-state index in [1.54, 1.807) is 6.07 Å². The van der Waals surface area contributed by atoms with Crippen LogP contribution in [0.5, 0.6) is 0 Å². The quantitative estimate of drug-likeness (QED) is 0.827. The van der Waals surface area contributed by atoms with Crippen molar-refractivity contribution in [3.8, 4) is 0 Å². The fourth-order valence-corrected chi connectivity index (χ4v) is 1.99. The highest BCUT2D eigenvalue weighted by Gasteiger charge is 2.10. The molecule has 0 spiro atoms. The molecule has 1 heterocycles. The Bertz CT molecular complexity index is 619. The van der Waals surface area contributed by atoms with Crippen molar-refractivity contribution in [2.75, 3.05) is 0 Å². The van der Waals surface area contributed by atoms with E-state index in [4.69, 9.17) is 17.3 Å². The van der Waals surface area contributed by atoms with Gasteiger partial charge in [0.2, 0.25) is 5.28 Å². The third-order valence-corrected chi connectivity index (χ3v) is 2.82. The van der Waals surface area contributed by atoms with Gasteiger partial charge in [-0.25, -0.2) is 4.98 Å². The Kier molecular flexibility index (Phi) is 3.17. The standard InChI is InChI=1S/C12H14ClN3O/c1-7-3-4-9-10(5-7)15-12(13)16(11(9)17)6-8(2)14/h3-5,8H,6,14H2,1-2H3. The lowest BCUT2D eigenvalue weighted by molar-refractivity contribution is 0.571.